The van der Waals surface area contributed by atoms with Crippen molar-refractivity contribution in [1.29, 1.82) is 0 Å². The number of carbonyl (C=O) groups is 1. The predicted molar refractivity (Wildman–Crippen MR) is 104 cm³/mol. The van der Waals surface area contributed by atoms with Gasteiger partial charge in [0.25, 0.3) is 5.91 Å². The van der Waals surface area contributed by atoms with Crippen molar-refractivity contribution in [2.24, 2.45) is 0 Å². The molecule has 1 atom stereocenters. The van der Waals surface area contributed by atoms with Crippen LogP contribution >= 0.6 is 0 Å². The number of aromatic nitrogens is 1. The summed E-state index contributed by atoms with van der Waals surface area (Å²) in [6.07, 6.45) is 4.33. The van der Waals surface area contributed by atoms with Crippen molar-refractivity contribution in [1.82, 2.24) is 9.88 Å². The summed E-state index contributed by atoms with van der Waals surface area (Å²) in [6.45, 7) is 4.69. The number of aryl methyl sites for hydroxylation is 1. The quantitative estimate of drug-likeness (QED) is 0.686. The van der Waals surface area contributed by atoms with Gasteiger partial charge in [0, 0.05) is 12.7 Å². The lowest BCUT2D eigenvalue weighted by Gasteiger charge is -2.24. The predicted octanol–water partition coefficient (Wildman–Crippen LogP) is 4.10. The van der Waals surface area contributed by atoms with Gasteiger partial charge in [-0.25, -0.2) is 0 Å². The van der Waals surface area contributed by atoms with Crippen LogP contribution in [0.25, 0.3) is 11.0 Å². The Balaban J connectivity index is 1.97. The topological polar surface area (TPSA) is 63.4 Å². The van der Waals surface area contributed by atoms with E-state index >= 15 is 0 Å². The Labute approximate surface area is 157 Å². The number of carbonyl (C=O) groups excluding carboxylic acids is 1. The van der Waals surface area contributed by atoms with Crippen molar-refractivity contribution in [3.8, 4) is 0 Å². The highest BCUT2D eigenvalue weighted by Gasteiger charge is 2.42. The molecule has 138 valence electrons. The van der Waals surface area contributed by atoms with E-state index in [4.69, 9.17) is 4.42 Å². The highest BCUT2D eigenvalue weighted by atomic mass is 16.3. The van der Waals surface area contributed by atoms with Crippen LogP contribution in [0.2, 0.25) is 0 Å². The van der Waals surface area contributed by atoms with Gasteiger partial charge in [-0.3, -0.25) is 14.6 Å². The molecule has 0 fully saturated rings. The molecule has 0 bridgehead atoms. The fourth-order valence-electron chi connectivity index (χ4n) is 3.69. The molecule has 0 aliphatic carbocycles. The maximum absolute atomic E-state index is 13.4. The van der Waals surface area contributed by atoms with Gasteiger partial charge in [0.15, 0.2) is 5.43 Å². The van der Waals surface area contributed by atoms with Gasteiger partial charge in [0.05, 0.1) is 16.6 Å². The number of benzene rings is 1. The van der Waals surface area contributed by atoms with Crippen molar-refractivity contribution in [2.45, 2.75) is 39.2 Å². The summed E-state index contributed by atoms with van der Waals surface area (Å²) in [6, 6.07) is 10.7. The molecular formula is C22H22N2O3. The number of unbranched alkanes of at least 4 members (excludes halogenated alkanes) is 1. The van der Waals surface area contributed by atoms with Crippen LogP contribution in [-0.4, -0.2) is 22.3 Å². The molecule has 1 unspecified atom stereocenters. The summed E-state index contributed by atoms with van der Waals surface area (Å²) < 4.78 is 5.94. The van der Waals surface area contributed by atoms with Gasteiger partial charge >= 0.3 is 0 Å². The summed E-state index contributed by atoms with van der Waals surface area (Å²) in [4.78, 5) is 32.6. The first-order valence-electron chi connectivity index (χ1n) is 9.47. The normalized spacial score (nSPS) is 16.1. The highest BCUT2D eigenvalue weighted by molar-refractivity contribution is 5.99. The number of amides is 1. The average molecular weight is 362 g/mol. The van der Waals surface area contributed by atoms with Crippen molar-refractivity contribution in [3.05, 3.63) is 75.4 Å². The summed E-state index contributed by atoms with van der Waals surface area (Å²) in [5.41, 5.74) is 2.50. The van der Waals surface area contributed by atoms with Crippen LogP contribution in [0.3, 0.4) is 0 Å². The minimum absolute atomic E-state index is 0.135. The van der Waals surface area contributed by atoms with E-state index in [1.807, 2.05) is 37.3 Å². The molecule has 5 nitrogen and oxygen atoms in total. The highest BCUT2D eigenvalue weighted by Crippen LogP contribution is 2.37. The van der Waals surface area contributed by atoms with Crippen LogP contribution in [0, 0.1) is 0 Å². The molecule has 27 heavy (non-hydrogen) atoms. The van der Waals surface area contributed by atoms with Crippen LogP contribution in [0.4, 0.5) is 0 Å². The summed E-state index contributed by atoms with van der Waals surface area (Å²) >= 11 is 0. The molecule has 3 heterocycles. The van der Waals surface area contributed by atoms with E-state index in [0.29, 0.717) is 28.8 Å². The molecular weight excluding hydrogens is 340 g/mol. The van der Waals surface area contributed by atoms with Crippen LogP contribution in [0.15, 0.2) is 51.8 Å². The second kappa shape index (κ2) is 6.99. The maximum atomic E-state index is 13.4. The number of nitrogens with zero attached hydrogens (tertiary/aromatic N) is 2. The third kappa shape index (κ3) is 2.83. The Morgan fingerprint density at radius 1 is 1.15 bits per heavy atom. The Hall–Kier alpha value is -2.95. The van der Waals surface area contributed by atoms with Gasteiger partial charge in [-0.05, 0) is 42.7 Å². The van der Waals surface area contributed by atoms with Crippen LogP contribution < -0.4 is 5.43 Å². The van der Waals surface area contributed by atoms with E-state index < -0.39 is 6.04 Å². The third-order valence-electron chi connectivity index (χ3n) is 5.16. The number of hydrogen-bond acceptors (Lipinski definition) is 4. The Bertz CT molecular complexity index is 1060. The van der Waals surface area contributed by atoms with Gasteiger partial charge in [-0.2, -0.15) is 0 Å². The maximum Gasteiger partial charge on any atom is 0.290 e. The van der Waals surface area contributed by atoms with Crippen LogP contribution in [0.1, 0.15) is 60.1 Å². The number of pyridine rings is 1. The molecule has 1 aliphatic rings. The van der Waals surface area contributed by atoms with E-state index in [1.54, 1.807) is 17.2 Å². The molecule has 0 N–H and O–H groups in total. The van der Waals surface area contributed by atoms with Gasteiger partial charge in [0.2, 0.25) is 5.76 Å². The van der Waals surface area contributed by atoms with Gasteiger partial charge in [-0.15, -0.1) is 0 Å². The molecule has 1 aromatic carbocycles. The fourth-order valence-corrected chi connectivity index (χ4v) is 3.69. The fraction of sp³-hybridized carbons (Fsp3) is 0.318. The second-order valence-corrected chi connectivity index (χ2v) is 6.87. The lowest BCUT2D eigenvalue weighted by Crippen LogP contribution is -2.31. The molecule has 1 amide bonds. The van der Waals surface area contributed by atoms with E-state index in [-0.39, 0.29) is 17.1 Å². The molecule has 0 saturated heterocycles. The Kier molecular flexibility index (Phi) is 4.52. The SMILES string of the molecule is CCCCN1C(=O)c2oc3ccc(CC)cc3c(=O)c2C1c1ccccn1. The molecule has 0 spiro atoms. The van der Waals surface area contributed by atoms with Crippen molar-refractivity contribution in [2.75, 3.05) is 6.54 Å². The zero-order valence-corrected chi connectivity index (χ0v) is 15.6. The summed E-state index contributed by atoms with van der Waals surface area (Å²) in [7, 11) is 0. The molecule has 3 aromatic rings. The summed E-state index contributed by atoms with van der Waals surface area (Å²) in [5, 5.41) is 0.527. The van der Waals surface area contributed by atoms with Gasteiger partial charge in [-0.1, -0.05) is 32.4 Å². The first-order chi connectivity index (χ1) is 13.2. The van der Waals surface area contributed by atoms with E-state index in [1.165, 1.54) is 0 Å². The van der Waals surface area contributed by atoms with E-state index in [9.17, 15) is 9.59 Å². The number of fused-ring (bicyclic) bond motifs is 2. The van der Waals surface area contributed by atoms with Gasteiger partial charge < -0.3 is 9.32 Å². The van der Waals surface area contributed by atoms with Crippen molar-refractivity contribution < 1.29 is 9.21 Å². The lowest BCUT2D eigenvalue weighted by molar-refractivity contribution is 0.0723. The molecule has 5 heteroatoms. The summed E-state index contributed by atoms with van der Waals surface area (Å²) in [5.74, 6) is -0.0730. The zero-order valence-electron chi connectivity index (χ0n) is 15.6. The minimum atomic E-state index is -0.494. The smallest absolute Gasteiger partial charge is 0.290 e. The average Bonchev–Trinajstić information content (AvgIpc) is 2.99. The van der Waals surface area contributed by atoms with E-state index in [2.05, 4.69) is 11.9 Å². The number of rotatable bonds is 5. The van der Waals surface area contributed by atoms with Crippen molar-refractivity contribution >= 4 is 16.9 Å². The van der Waals surface area contributed by atoms with Crippen molar-refractivity contribution in [3.63, 3.8) is 0 Å². The first kappa shape index (κ1) is 17.5. The largest absolute Gasteiger partial charge is 0.450 e. The molecule has 1 aliphatic heterocycles. The second-order valence-electron chi connectivity index (χ2n) is 6.87. The Morgan fingerprint density at radius 2 is 2.00 bits per heavy atom. The Morgan fingerprint density at radius 3 is 2.70 bits per heavy atom. The third-order valence-corrected chi connectivity index (χ3v) is 5.16. The number of hydrogen-bond donors (Lipinski definition) is 0. The molecule has 4 rings (SSSR count). The molecule has 2 aromatic heterocycles. The molecule has 0 saturated carbocycles. The van der Waals surface area contributed by atoms with Crippen LogP contribution in [-0.2, 0) is 6.42 Å². The minimum Gasteiger partial charge on any atom is -0.450 e. The first-order valence-corrected chi connectivity index (χ1v) is 9.47. The zero-order chi connectivity index (χ0) is 19.0. The van der Waals surface area contributed by atoms with Crippen LogP contribution in [0.5, 0.6) is 0 Å². The standard InChI is InChI=1S/C22H22N2O3/c1-3-5-12-24-19(16-8-6-7-11-23-16)18-20(25)15-13-14(4-2)9-10-17(15)27-21(18)22(24)26/h6-11,13,19H,3-5,12H2,1-2H3. The monoisotopic (exact) mass is 362 g/mol. The molecule has 0 radical (unpaired) electrons. The van der Waals surface area contributed by atoms with E-state index in [0.717, 1.165) is 24.8 Å². The lowest BCUT2D eigenvalue weighted by atomic mass is 10.0. The van der Waals surface area contributed by atoms with Gasteiger partial charge in [0.1, 0.15) is 11.6 Å².